The van der Waals surface area contributed by atoms with Gasteiger partial charge in [-0.25, -0.2) is 16.8 Å². The summed E-state index contributed by atoms with van der Waals surface area (Å²) in [4.78, 5) is 0.199. The topological polar surface area (TPSA) is 89.3 Å². The summed E-state index contributed by atoms with van der Waals surface area (Å²) < 4.78 is 54.1. The number of aromatic nitrogens is 2. The van der Waals surface area contributed by atoms with E-state index >= 15 is 0 Å². The van der Waals surface area contributed by atoms with Gasteiger partial charge in [-0.3, -0.25) is 4.68 Å². The van der Waals surface area contributed by atoms with Crippen molar-refractivity contribution in [2.75, 3.05) is 18.1 Å². The van der Waals surface area contributed by atoms with Gasteiger partial charge in [0.2, 0.25) is 10.0 Å². The lowest BCUT2D eigenvalue weighted by Crippen LogP contribution is -2.36. The van der Waals surface area contributed by atoms with E-state index in [9.17, 15) is 16.8 Å². The Morgan fingerprint density at radius 2 is 2.08 bits per heavy atom. The van der Waals surface area contributed by atoms with E-state index in [2.05, 4.69) is 5.10 Å². The lowest BCUT2D eigenvalue weighted by molar-refractivity contribution is 0.351. The van der Waals surface area contributed by atoms with Crippen LogP contribution in [-0.4, -0.2) is 49.0 Å². The molecule has 3 rings (SSSR count). The number of rotatable bonds is 4. The average Bonchev–Trinajstić information content (AvgIpc) is 2.95. The quantitative estimate of drug-likeness (QED) is 0.781. The van der Waals surface area contributed by atoms with Gasteiger partial charge in [-0.05, 0) is 30.5 Å². The van der Waals surface area contributed by atoms with Gasteiger partial charge in [-0.2, -0.15) is 9.40 Å². The predicted octanol–water partition coefficient (Wildman–Crippen LogP) is 1.53. The molecule has 1 unspecified atom stereocenters. The summed E-state index contributed by atoms with van der Waals surface area (Å²) >= 11 is 0. The van der Waals surface area contributed by atoms with E-state index < -0.39 is 25.9 Å². The van der Waals surface area contributed by atoms with Crippen molar-refractivity contribution in [1.29, 1.82) is 0 Å². The average molecular weight is 398 g/mol. The number of hydrogen-bond donors (Lipinski definition) is 0. The summed E-state index contributed by atoms with van der Waals surface area (Å²) in [5, 5.41) is 4.09. The molecule has 1 aromatic heterocycles. The van der Waals surface area contributed by atoms with Crippen molar-refractivity contribution in [3.05, 3.63) is 47.8 Å². The van der Waals surface area contributed by atoms with Gasteiger partial charge in [0.05, 0.1) is 28.6 Å². The van der Waals surface area contributed by atoms with Crippen LogP contribution in [0.2, 0.25) is 0 Å². The first-order chi connectivity index (χ1) is 12.2. The van der Waals surface area contributed by atoms with Gasteiger partial charge in [0.1, 0.15) is 0 Å². The van der Waals surface area contributed by atoms with Crippen LogP contribution in [-0.2, 0) is 33.3 Å². The zero-order valence-corrected chi connectivity index (χ0v) is 16.5. The van der Waals surface area contributed by atoms with Crippen molar-refractivity contribution >= 4 is 19.9 Å². The highest BCUT2D eigenvalue weighted by Gasteiger charge is 2.38. The molecule has 1 aliphatic rings. The second-order valence-corrected chi connectivity index (χ2v) is 10.7. The van der Waals surface area contributed by atoms with Crippen LogP contribution >= 0.6 is 0 Å². The van der Waals surface area contributed by atoms with Gasteiger partial charge in [0.25, 0.3) is 0 Å². The molecule has 0 amide bonds. The van der Waals surface area contributed by atoms with Gasteiger partial charge in [-0.15, -0.1) is 0 Å². The molecule has 7 nitrogen and oxygen atoms in total. The zero-order valence-electron chi connectivity index (χ0n) is 14.9. The van der Waals surface area contributed by atoms with Crippen LogP contribution in [0.4, 0.5) is 0 Å². The second-order valence-electron chi connectivity index (χ2n) is 6.55. The van der Waals surface area contributed by atoms with Gasteiger partial charge in [-0.1, -0.05) is 19.1 Å². The molecule has 2 aromatic rings. The number of aryl methyl sites for hydroxylation is 2. The highest BCUT2D eigenvalue weighted by atomic mass is 32.2. The molecule has 2 heterocycles. The summed E-state index contributed by atoms with van der Waals surface area (Å²) in [6.07, 6.45) is 4.22. The van der Waals surface area contributed by atoms with Crippen molar-refractivity contribution in [2.45, 2.75) is 30.7 Å². The Balaban J connectivity index is 2.08. The molecule has 0 bridgehead atoms. The molecule has 1 aromatic carbocycles. The molecule has 142 valence electrons. The molecule has 0 spiro atoms. The van der Waals surface area contributed by atoms with E-state index in [1.54, 1.807) is 36.1 Å². The van der Waals surface area contributed by atoms with Gasteiger partial charge < -0.3 is 0 Å². The Bertz CT molecular complexity index is 997. The molecule has 26 heavy (non-hydrogen) atoms. The third-order valence-electron chi connectivity index (χ3n) is 4.62. The van der Waals surface area contributed by atoms with E-state index in [1.165, 1.54) is 10.5 Å². The third-order valence-corrected chi connectivity index (χ3v) is 8.25. The fraction of sp³-hybridized carbons (Fsp3) is 0.471. The molecule has 1 fully saturated rings. The third kappa shape index (κ3) is 3.84. The fourth-order valence-electron chi connectivity index (χ4n) is 3.23. The van der Waals surface area contributed by atoms with E-state index in [0.717, 1.165) is 12.0 Å². The molecule has 9 heteroatoms. The van der Waals surface area contributed by atoms with Crippen LogP contribution in [0.25, 0.3) is 0 Å². The number of sulfone groups is 1. The standard InChI is InChI=1S/C17H23N3O4S2/c1-3-14-6-4-7-16(10-14)26(23,24)20-8-5-9-25(21,22)13-17(20)15-11-18-19(2)12-15/h4,6-7,10-12,17H,3,5,8-9,13H2,1-2H3. The summed E-state index contributed by atoms with van der Waals surface area (Å²) in [5.74, 6) is -0.240. The molecular formula is C17H23N3O4S2. The van der Waals surface area contributed by atoms with E-state index in [4.69, 9.17) is 0 Å². The summed E-state index contributed by atoms with van der Waals surface area (Å²) in [7, 11) is -5.44. The molecule has 0 N–H and O–H groups in total. The molecule has 0 saturated carbocycles. The maximum Gasteiger partial charge on any atom is 0.243 e. The lowest BCUT2D eigenvalue weighted by Gasteiger charge is -2.28. The Morgan fingerprint density at radius 1 is 1.31 bits per heavy atom. The van der Waals surface area contributed by atoms with Crippen molar-refractivity contribution < 1.29 is 16.8 Å². The molecule has 1 saturated heterocycles. The Morgan fingerprint density at radius 3 is 2.73 bits per heavy atom. The minimum Gasteiger partial charge on any atom is -0.275 e. The number of nitrogens with zero attached hydrogens (tertiary/aromatic N) is 3. The van der Waals surface area contributed by atoms with Crippen molar-refractivity contribution in [3.63, 3.8) is 0 Å². The maximum atomic E-state index is 13.3. The maximum absolute atomic E-state index is 13.3. The van der Waals surface area contributed by atoms with Gasteiger partial charge >= 0.3 is 0 Å². The Labute approximate surface area is 154 Å². The van der Waals surface area contributed by atoms with Crippen molar-refractivity contribution in [1.82, 2.24) is 14.1 Å². The summed E-state index contributed by atoms with van der Waals surface area (Å²) in [6, 6.07) is 6.05. The summed E-state index contributed by atoms with van der Waals surface area (Å²) in [6.45, 7) is 2.13. The smallest absolute Gasteiger partial charge is 0.243 e. The largest absolute Gasteiger partial charge is 0.275 e. The summed E-state index contributed by atoms with van der Waals surface area (Å²) in [5.41, 5.74) is 1.51. The van der Waals surface area contributed by atoms with Crippen molar-refractivity contribution in [2.24, 2.45) is 7.05 Å². The van der Waals surface area contributed by atoms with Crippen LogP contribution < -0.4 is 0 Å². The normalized spacial score (nSPS) is 21.4. The Kier molecular flexibility index (Phi) is 5.23. The molecular weight excluding hydrogens is 374 g/mol. The van der Waals surface area contributed by atoms with Crippen LogP contribution in [0.15, 0.2) is 41.6 Å². The monoisotopic (exact) mass is 397 g/mol. The highest BCUT2D eigenvalue weighted by Crippen LogP contribution is 2.31. The minimum atomic E-state index is -3.82. The second kappa shape index (κ2) is 7.13. The number of hydrogen-bond acceptors (Lipinski definition) is 5. The predicted molar refractivity (Wildman–Crippen MR) is 98.9 cm³/mol. The first-order valence-corrected chi connectivity index (χ1v) is 11.8. The number of benzene rings is 1. The first-order valence-electron chi connectivity index (χ1n) is 8.53. The first kappa shape index (κ1) is 19.1. The molecule has 0 radical (unpaired) electrons. The highest BCUT2D eigenvalue weighted by molar-refractivity contribution is 7.91. The Hall–Kier alpha value is -1.71. The van der Waals surface area contributed by atoms with E-state index in [0.29, 0.717) is 5.56 Å². The molecule has 1 aliphatic heterocycles. The minimum absolute atomic E-state index is 0.00915. The van der Waals surface area contributed by atoms with Crippen LogP contribution in [0.3, 0.4) is 0 Å². The zero-order chi connectivity index (χ0) is 18.9. The number of sulfonamides is 1. The van der Waals surface area contributed by atoms with Crippen LogP contribution in [0, 0.1) is 0 Å². The van der Waals surface area contributed by atoms with E-state index in [-0.39, 0.29) is 29.4 Å². The SMILES string of the molecule is CCc1cccc(S(=O)(=O)N2CCCS(=O)(=O)CC2c2cnn(C)c2)c1. The lowest BCUT2D eigenvalue weighted by atomic mass is 10.2. The van der Waals surface area contributed by atoms with Gasteiger partial charge in [0.15, 0.2) is 9.84 Å². The van der Waals surface area contributed by atoms with E-state index in [1.807, 2.05) is 13.0 Å². The fourth-order valence-corrected chi connectivity index (χ4v) is 6.63. The van der Waals surface area contributed by atoms with Crippen molar-refractivity contribution in [3.8, 4) is 0 Å². The van der Waals surface area contributed by atoms with Crippen LogP contribution in [0.1, 0.15) is 30.5 Å². The molecule has 0 aliphatic carbocycles. The van der Waals surface area contributed by atoms with Crippen LogP contribution in [0.5, 0.6) is 0 Å². The molecule has 1 atom stereocenters. The van der Waals surface area contributed by atoms with Gasteiger partial charge in [0, 0.05) is 25.4 Å².